The fraction of sp³-hybridized carbons (Fsp3) is 0.385. The van der Waals surface area contributed by atoms with Crippen molar-refractivity contribution >= 4 is 17.5 Å². The number of anilines is 1. The molecule has 0 saturated carbocycles. The quantitative estimate of drug-likeness (QED) is 0.805. The zero-order chi connectivity index (χ0) is 13.1. The minimum Gasteiger partial charge on any atom is -0.387 e. The van der Waals surface area contributed by atoms with E-state index < -0.39 is 0 Å². The van der Waals surface area contributed by atoms with Crippen LogP contribution in [0.25, 0.3) is 0 Å². The van der Waals surface area contributed by atoms with E-state index >= 15 is 0 Å². The summed E-state index contributed by atoms with van der Waals surface area (Å²) in [6.45, 7) is 3.19. The molecule has 1 aliphatic heterocycles. The third-order valence-electron chi connectivity index (χ3n) is 3.00. The molecule has 1 aromatic carbocycles. The highest BCUT2D eigenvalue weighted by molar-refractivity contribution is 6.01. The third kappa shape index (κ3) is 2.45. The van der Waals surface area contributed by atoms with Crippen LogP contribution in [-0.2, 0) is 4.79 Å². The average molecular weight is 247 g/mol. The van der Waals surface area contributed by atoms with E-state index in [4.69, 9.17) is 0 Å². The lowest BCUT2D eigenvalue weighted by molar-refractivity contribution is -0.123. The molecular weight excluding hydrogens is 230 g/mol. The van der Waals surface area contributed by atoms with Crippen LogP contribution < -0.4 is 10.6 Å². The van der Waals surface area contributed by atoms with Crippen LogP contribution >= 0.6 is 0 Å². The summed E-state index contributed by atoms with van der Waals surface area (Å²) in [6.07, 6.45) is 0. The Morgan fingerprint density at radius 2 is 2.22 bits per heavy atom. The molecule has 1 fully saturated rings. The zero-order valence-corrected chi connectivity index (χ0v) is 10.6. The average Bonchev–Trinajstić information content (AvgIpc) is 2.37. The van der Waals surface area contributed by atoms with Gasteiger partial charge in [0.05, 0.1) is 12.1 Å². The first-order valence-electron chi connectivity index (χ1n) is 5.96. The molecule has 18 heavy (non-hydrogen) atoms. The van der Waals surface area contributed by atoms with Gasteiger partial charge in [-0.2, -0.15) is 0 Å². The second-order valence-electron chi connectivity index (χ2n) is 4.38. The van der Waals surface area contributed by atoms with Crippen LogP contribution in [0.4, 0.5) is 5.69 Å². The SMILES string of the molecule is CNc1cc(C)ccc1C(=O)N1CCNC(=O)C1. The van der Waals surface area contributed by atoms with Crippen LogP contribution in [0.15, 0.2) is 18.2 Å². The first-order chi connectivity index (χ1) is 8.61. The van der Waals surface area contributed by atoms with Crippen LogP contribution in [0, 0.1) is 6.92 Å². The summed E-state index contributed by atoms with van der Waals surface area (Å²) in [7, 11) is 1.79. The van der Waals surface area contributed by atoms with Gasteiger partial charge in [-0.1, -0.05) is 6.07 Å². The number of piperazine rings is 1. The van der Waals surface area contributed by atoms with E-state index in [1.807, 2.05) is 19.1 Å². The van der Waals surface area contributed by atoms with Crippen molar-refractivity contribution in [2.45, 2.75) is 6.92 Å². The number of nitrogens with zero attached hydrogens (tertiary/aromatic N) is 1. The zero-order valence-electron chi connectivity index (χ0n) is 10.6. The molecule has 5 nitrogen and oxygen atoms in total. The maximum Gasteiger partial charge on any atom is 0.256 e. The van der Waals surface area contributed by atoms with E-state index in [0.29, 0.717) is 18.7 Å². The van der Waals surface area contributed by atoms with Gasteiger partial charge in [-0.15, -0.1) is 0 Å². The topological polar surface area (TPSA) is 61.4 Å². The Balaban J connectivity index is 2.25. The molecule has 1 aliphatic rings. The molecular formula is C13H17N3O2. The summed E-state index contributed by atoms with van der Waals surface area (Å²) < 4.78 is 0. The summed E-state index contributed by atoms with van der Waals surface area (Å²) >= 11 is 0. The molecule has 2 amide bonds. The first kappa shape index (κ1) is 12.4. The third-order valence-corrected chi connectivity index (χ3v) is 3.00. The first-order valence-corrected chi connectivity index (χ1v) is 5.96. The predicted molar refractivity (Wildman–Crippen MR) is 69.6 cm³/mol. The molecule has 5 heteroatoms. The Kier molecular flexibility index (Phi) is 3.50. The number of carbonyl (C=O) groups excluding carboxylic acids is 2. The van der Waals surface area contributed by atoms with Crippen molar-refractivity contribution in [3.05, 3.63) is 29.3 Å². The summed E-state index contributed by atoms with van der Waals surface area (Å²) in [4.78, 5) is 25.2. The van der Waals surface area contributed by atoms with Crippen LogP contribution in [0.1, 0.15) is 15.9 Å². The van der Waals surface area contributed by atoms with E-state index in [1.165, 1.54) is 0 Å². The van der Waals surface area contributed by atoms with Crippen LogP contribution in [-0.4, -0.2) is 43.4 Å². The summed E-state index contributed by atoms with van der Waals surface area (Å²) in [5, 5.41) is 5.73. The molecule has 0 radical (unpaired) electrons. The predicted octanol–water partition coefficient (Wildman–Crippen LogP) is 0.609. The van der Waals surface area contributed by atoms with Crippen molar-refractivity contribution < 1.29 is 9.59 Å². The van der Waals surface area contributed by atoms with Crippen LogP contribution in [0.3, 0.4) is 0 Å². The number of amides is 2. The lowest BCUT2D eigenvalue weighted by atomic mass is 10.1. The molecule has 0 aliphatic carbocycles. The van der Waals surface area contributed by atoms with E-state index in [-0.39, 0.29) is 18.4 Å². The van der Waals surface area contributed by atoms with Gasteiger partial charge in [-0.05, 0) is 24.6 Å². The molecule has 2 N–H and O–H groups in total. The van der Waals surface area contributed by atoms with Crippen molar-refractivity contribution in [1.82, 2.24) is 10.2 Å². The van der Waals surface area contributed by atoms with Gasteiger partial charge in [0.2, 0.25) is 5.91 Å². The number of carbonyl (C=O) groups is 2. The normalized spacial score (nSPS) is 15.2. The maximum atomic E-state index is 12.3. The molecule has 0 bridgehead atoms. The molecule has 0 unspecified atom stereocenters. The van der Waals surface area contributed by atoms with E-state index in [2.05, 4.69) is 10.6 Å². The van der Waals surface area contributed by atoms with Gasteiger partial charge < -0.3 is 15.5 Å². The Morgan fingerprint density at radius 1 is 1.44 bits per heavy atom. The van der Waals surface area contributed by atoms with Crippen molar-refractivity contribution in [2.24, 2.45) is 0 Å². The Morgan fingerprint density at radius 3 is 2.89 bits per heavy atom. The summed E-state index contributed by atoms with van der Waals surface area (Å²) in [5.41, 5.74) is 2.50. The van der Waals surface area contributed by atoms with Crippen molar-refractivity contribution in [3.63, 3.8) is 0 Å². The molecule has 1 aromatic rings. The largest absolute Gasteiger partial charge is 0.387 e. The molecule has 1 heterocycles. The van der Waals surface area contributed by atoms with E-state index in [1.54, 1.807) is 18.0 Å². The van der Waals surface area contributed by atoms with Gasteiger partial charge in [-0.3, -0.25) is 9.59 Å². The fourth-order valence-corrected chi connectivity index (χ4v) is 2.03. The molecule has 0 atom stereocenters. The number of nitrogens with one attached hydrogen (secondary N) is 2. The van der Waals surface area contributed by atoms with E-state index in [0.717, 1.165) is 11.3 Å². The molecule has 0 aromatic heterocycles. The monoisotopic (exact) mass is 247 g/mol. The number of aryl methyl sites for hydroxylation is 1. The van der Waals surface area contributed by atoms with Crippen LogP contribution in [0.2, 0.25) is 0 Å². The lowest BCUT2D eigenvalue weighted by Gasteiger charge is -2.27. The minimum atomic E-state index is -0.104. The minimum absolute atomic E-state index is 0.103. The van der Waals surface area contributed by atoms with Gasteiger partial charge >= 0.3 is 0 Å². The number of hydrogen-bond donors (Lipinski definition) is 2. The highest BCUT2D eigenvalue weighted by Crippen LogP contribution is 2.19. The van der Waals surface area contributed by atoms with Gasteiger partial charge in [0.15, 0.2) is 0 Å². The Hall–Kier alpha value is -2.04. The van der Waals surface area contributed by atoms with Crippen molar-refractivity contribution in [2.75, 3.05) is 32.0 Å². The van der Waals surface area contributed by atoms with E-state index in [9.17, 15) is 9.59 Å². The van der Waals surface area contributed by atoms with Gasteiger partial charge in [0.25, 0.3) is 5.91 Å². The second kappa shape index (κ2) is 5.08. The molecule has 0 spiro atoms. The number of rotatable bonds is 2. The smallest absolute Gasteiger partial charge is 0.256 e. The maximum absolute atomic E-state index is 12.3. The molecule has 2 rings (SSSR count). The Labute approximate surface area is 106 Å². The standard InChI is InChI=1S/C13H17N3O2/c1-9-3-4-10(11(7-9)14-2)13(18)16-6-5-15-12(17)8-16/h3-4,7,14H,5-6,8H2,1-2H3,(H,15,17). The van der Waals surface area contributed by atoms with Crippen molar-refractivity contribution in [1.29, 1.82) is 0 Å². The van der Waals surface area contributed by atoms with Gasteiger partial charge in [0.1, 0.15) is 0 Å². The number of hydrogen-bond acceptors (Lipinski definition) is 3. The van der Waals surface area contributed by atoms with Crippen molar-refractivity contribution in [3.8, 4) is 0 Å². The highest BCUT2D eigenvalue weighted by atomic mass is 16.2. The fourth-order valence-electron chi connectivity index (χ4n) is 2.03. The summed E-state index contributed by atoms with van der Waals surface area (Å²) in [5.74, 6) is -0.207. The lowest BCUT2D eigenvalue weighted by Crippen LogP contribution is -2.50. The van der Waals surface area contributed by atoms with Gasteiger partial charge in [0, 0.05) is 25.8 Å². The second-order valence-corrected chi connectivity index (χ2v) is 4.38. The van der Waals surface area contributed by atoms with Crippen LogP contribution in [0.5, 0.6) is 0 Å². The Bertz CT molecular complexity index is 485. The highest BCUT2D eigenvalue weighted by Gasteiger charge is 2.23. The molecule has 1 saturated heterocycles. The number of benzene rings is 1. The van der Waals surface area contributed by atoms with Gasteiger partial charge in [-0.25, -0.2) is 0 Å². The molecule has 96 valence electrons. The summed E-state index contributed by atoms with van der Waals surface area (Å²) in [6, 6.07) is 5.63.